The molecule has 1 aliphatic carbocycles. The molecular weight excluding hydrogens is 366 g/mol. The number of aromatic nitrogens is 4. The third kappa shape index (κ3) is 3.88. The molecule has 7 nitrogen and oxygen atoms in total. The standard InChI is InChI=1S/C22H25N5O2/c28-22-12-17-14-26(9-3-5-18-6-4-10-29-18)13-16(17)11-21(22)27-15-20(24-25-27)19-7-1-2-8-23-19/h1-8,10,15-17,21-22,28H,9,11-14H2/b5-3+/t16-,17+,21-,22-/m1/s1. The van der Waals surface area contributed by atoms with E-state index in [1.54, 1.807) is 12.5 Å². The average molecular weight is 391 g/mol. The molecule has 3 aromatic rings. The van der Waals surface area contributed by atoms with Gasteiger partial charge in [0.25, 0.3) is 0 Å². The van der Waals surface area contributed by atoms with Crippen LogP contribution in [0.25, 0.3) is 17.5 Å². The van der Waals surface area contributed by atoms with Gasteiger partial charge in [0.15, 0.2) is 0 Å². The van der Waals surface area contributed by atoms with Crippen molar-refractivity contribution < 1.29 is 9.52 Å². The molecule has 0 aromatic carbocycles. The molecular formula is C22H25N5O2. The second-order valence-corrected chi connectivity index (χ2v) is 8.06. The number of hydrogen-bond acceptors (Lipinski definition) is 6. The van der Waals surface area contributed by atoms with Gasteiger partial charge < -0.3 is 9.52 Å². The number of pyridine rings is 1. The summed E-state index contributed by atoms with van der Waals surface area (Å²) < 4.78 is 7.18. The first-order valence-corrected chi connectivity index (χ1v) is 10.2. The van der Waals surface area contributed by atoms with Crippen molar-refractivity contribution in [2.24, 2.45) is 11.8 Å². The quantitative estimate of drug-likeness (QED) is 0.720. The molecule has 3 aromatic heterocycles. The predicted octanol–water partition coefficient (Wildman–Crippen LogP) is 2.89. The van der Waals surface area contributed by atoms with Gasteiger partial charge in [0.2, 0.25) is 0 Å². The Hall–Kier alpha value is -2.77. The summed E-state index contributed by atoms with van der Waals surface area (Å²) in [4.78, 5) is 6.80. The summed E-state index contributed by atoms with van der Waals surface area (Å²) in [6.07, 6.45) is 10.9. The fraction of sp³-hybridized carbons (Fsp3) is 0.409. The normalized spacial score (nSPS) is 27.5. The third-order valence-electron chi connectivity index (χ3n) is 6.15. The Morgan fingerprint density at radius 1 is 1.10 bits per heavy atom. The zero-order valence-corrected chi connectivity index (χ0v) is 16.2. The van der Waals surface area contributed by atoms with Gasteiger partial charge in [0.1, 0.15) is 11.5 Å². The summed E-state index contributed by atoms with van der Waals surface area (Å²) in [6, 6.07) is 9.57. The van der Waals surface area contributed by atoms with E-state index in [0.29, 0.717) is 11.8 Å². The van der Waals surface area contributed by atoms with Gasteiger partial charge in [-0.05, 0) is 55.0 Å². The Morgan fingerprint density at radius 2 is 2.00 bits per heavy atom. The molecule has 0 amide bonds. The Kier molecular flexibility index (Phi) is 4.99. The van der Waals surface area contributed by atoms with Gasteiger partial charge in [-0.3, -0.25) is 9.88 Å². The van der Waals surface area contributed by atoms with Crippen LogP contribution >= 0.6 is 0 Å². The number of rotatable bonds is 5. The fourth-order valence-corrected chi connectivity index (χ4v) is 4.71. The summed E-state index contributed by atoms with van der Waals surface area (Å²) in [5, 5.41) is 19.4. The van der Waals surface area contributed by atoms with Crippen LogP contribution in [0, 0.1) is 11.8 Å². The SMILES string of the molecule is O[C@@H]1C[C@H]2CN(C/C=C/c3ccco3)C[C@H]2C[C@H]1n1cc(-c2ccccn2)nn1. The summed E-state index contributed by atoms with van der Waals surface area (Å²) >= 11 is 0. The molecule has 0 radical (unpaired) electrons. The number of nitrogens with zero attached hydrogens (tertiary/aromatic N) is 5. The molecule has 1 aliphatic heterocycles. The van der Waals surface area contributed by atoms with Crippen molar-refractivity contribution >= 4 is 6.08 Å². The summed E-state index contributed by atoms with van der Waals surface area (Å²) in [7, 11) is 0. The molecule has 29 heavy (non-hydrogen) atoms. The van der Waals surface area contributed by atoms with E-state index < -0.39 is 6.10 Å². The van der Waals surface area contributed by atoms with Crippen molar-refractivity contribution in [1.82, 2.24) is 24.9 Å². The Balaban J connectivity index is 1.23. The van der Waals surface area contributed by atoms with Crippen molar-refractivity contribution in [2.75, 3.05) is 19.6 Å². The Bertz CT molecular complexity index is 953. The van der Waals surface area contributed by atoms with Crippen LogP contribution in [0.4, 0.5) is 0 Å². The molecule has 0 spiro atoms. The second-order valence-electron chi connectivity index (χ2n) is 8.06. The molecule has 2 fully saturated rings. The van der Waals surface area contributed by atoms with Crippen LogP contribution in [0.15, 0.2) is 59.5 Å². The minimum atomic E-state index is -0.395. The number of aliphatic hydroxyl groups is 1. The van der Waals surface area contributed by atoms with E-state index in [0.717, 1.165) is 49.6 Å². The summed E-state index contributed by atoms with van der Waals surface area (Å²) in [5.74, 6) is 1.99. The minimum absolute atomic E-state index is 0.0279. The van der Waals surface area contributed by atoms with Crippen molar-refractivity contribution in [3.63, 3.8) is 0 Å². The molecule has 1 saturated carbocycles. The average Bonchev–Trinajstić information content (AvgIpc) is 3.49. The number of aliphatic hydroxyl groups excluding tert-OH is 1. The highest BCUT2D eigenvalue weighted by Gasteiger charge is 2.42. The zero-order valence-electron chi connectivity index (χ0n) is 16.2. The monoisotopic (exact) mass is 391 g/mol. The van der Waals surface area contributed by atoms with Crippen LogP contribution in [0.5, 0.6) is 0 Å². The molecule has 1 N–H and O–H groups in total. The lowest BCUT2D eigenvalue weighted by atomic mass is 9.77. The third-order valence-corrected chi connectivity index (χ3v) is 6.15. The lowest BCUT2D eigenvalue weighted by Crippen LogP contribution is -2.36. The number of furan rings is 1. The Morgan fingerprint density at radius 3 is 2.79 bits per heavy atom. The Labute approximate surface area is 169 Å². The highest BCUT2D eigenvalue weighted by atomic mass is 16.3. The minimum Gasteiger partial charge on any atom is -0.465 e. The molecule has 4 heterocycles. The highest BCUT2D eigenvalue weighted by molar-refractivity contribution is 5.51. The van der Waals surface area contributed by atoms with Crippen LogP contribution in [0.1, 0.15) is 24.6 Å². The van der Waals surface area contributed by atoms with Crippen molar-refractivity contribution in [1.29, 1.82) is 0 Å². The number of likely N-dealkylation sites (tertiary alicyclic amines) is 1. The van der Waals surface area contributed by atoms with Crippen LogP contribution in [0.2, 0.25) is 0 Å². The largest absolute Gasteiger partial charge is 0.465 e. The van der Waals surface area contributed by atoms with Crippen LogP contribution in [-0.4, -0.2) is 55.7 Å². The first-order chi connectivity index (χ1) is 14.3. The van der Waals surface area contributed by atoms with E-state index >= 15 is 0 Å². The van der Waals surface area contributed by atoms with E-state index in [9.17, 15) is 5.11 Å². The maximum atomic E-state index is 10.8. The van der Waals surface area contributed by atoms with E-state index in [-0.39, 0.29) is 6.04 Å². The van der Waals surface area contributed by atoms with Gasteiger partial charge in [-0.2, -0.15) is 0 Å². The van der Waals surface area contributed by atoms with Gasteiger partial charge in [-0.25, -0.2) is 4.68 Å². The molecule has 7 heteroatoms. The maximum Gasteiger partial charge on any atom is 0.131 e. The number of fused-ring (bicyclic) bond motifs is 1. The van der Waals surface area contributed by atoms with Crippen molar-refractivity contribution in [3.8, 4) is 11.4 Å². The van der Waals surface area contributed by atoms with Gasteiger partial charge in [-0.1, -0.05) is 17.4 Å². The maximum absolute atomic E-state index is 10.8. The molecule has 150 valence electrons. The van der Waals surface area contributed by atoms with Crippen LogP contribution < -0.4 is 0 Å². The zero-order chi connectivity index (χ0) is 19.6. The molecule has 0 unspecified atom stereocenters. The van der Waals surface area contributed by atoms with E-state index in [1.807, 2.05) is 47.3 Å². The first kappa shape index (κ1) is 18.3. The van der Waals surface area contributed by atoms with Gasteiger partial charge in [0, 0.05) is 25.8 Å². The smallest absolute Gasteiger partial charge is 0.131 e. The highest BCUT2D eigenvalue weighted by Crippen LogP contribution is 2.41. The fourth-order valence-electron chi connectivity index (χ4n) is 4.71. The van der Waals surface area contributed by atoms with Gasteiger partial charge >= 0.3 is 0 Å². The molecule has 1 saturated heterocycles. The lowest BCUT2D eigenvalue weighted by molar-refractivity contribution is 0.0298. The van der Waals surface area contributed by atoms with E-state index in [1.165, 1.54) is 0 Å². The molecule has 0 bridgehead atoms. The van der Waals surface area contributed by atoms with Crippen molar-refractivity contribution in [3.05, 3.63) is 60.8 Å². The van der Waals surface area contributed by atoms with Crippen molar-refractivity contribution in [2.45, 2.75) is 25.0 Å². The number of hydrogen-bond donors (Lipinski definition) is 1. The summed E-state index contributed by atoms with van der Waals surface area (Å²) in [6.45, 7) is 2.99. The first-order valence-electron chi connectivity index (χ1n) is 10.2. The summed E-state index contributed by atoms with van der Waals surface area (Å²) in [5.41, 5.74) is 1.55. The molecule has 5 rings (SSSR count). The van der Waals surface area contributed by atoms with E-state index in [2.05, 4.69) is 26.3 Å². The molecule has 4 atom stereocenters. The predicted molar refractivity (Wildman–Crippen MR) is 109 cm³/mol. The van der Waals surface area contributed by atoms with Crippen LogP contribution in [-0.2, 0) is 0 Å². The second kappa shape index (κ2) is 7.93. The topological polar surface area (TPSA) is 80.2 Å². The van der Waals surface area contributed by atoms with Crippen LogP contribution in [0.3, 0.4) is 0 Å². The molecule has 2 aliphatic rings. The van der Waals surface area contributed by atoms with Gasteiger partial charge in [-0.15, -0.1) is 5.10 Å². The van der Waals surface area contributed by atoms with E-state index in [4.69, 9.17) is 4.42 Å². The lowest BCUT2D eigenvalue weighted by Gasteiger charge is -2.35. The van der Waals surface area contributed by atoms with Gasteiger partial charge in [0.05, 0.1) is 30.3 Å².